The van der Waals surface area contributed by atoms with E-state index in [-0.39, 0.29) is 17.4 Å². The van der Waals surface area contributed by atoms with Crippen LogP contribution < -0.4 is 4.74 Å². The molecule has 0 amide bonds. The van der Waals surface area contributed by atoms with Gasteiger partial charge in [0.1, 0.15) is 18.4 Å². The Labute approximate surface area is 121 Å². The largest absolute Gasteiger partial charge is 0.491 e. The third kappa shape index (κ3) is 3.88. The molecule has 0 bridgehead atoms. The first-order chi connectivity index (χ1) is 9.91. The minimum atomic E-state index is -4.45. The van der Waals surface area contributed by atoms with Crippen molar-refractivity contribution in [2.45, 2.75) is 31.5 Å². The topological polar surface area (TPSA) is 36.3 Å². The number of alkyl halides is 3. The molecule has 0 spiro atoms. The summed E-state index contributed by atoms with van der Waals surface area (Å²) in [7, 11) is 2.01. The number of hydrogen-bond donors (Lipinski definition) is 0. The molecule has 1 fully saturated rings. The number of nitrogens with zero attached hydrogens (tertiary/aromatic N) is 2. The van der Waals surface area contributed by atoms with Crippen LogP contribution in [0.5, 0.6) is 5.75 Å². The molecule has 114 valence electrons. The van der Waals surface area contributed by atoms with E-state index in [2.05, 4.69) is 4.90 Å². The van der Waals surface area contributed by atoms with Gasteiger partial charge in [0, 0.05) is 6.04 Å². The minimum absolute atomic E-state index is 0.0803. The fourth-order valence-corrected chi connectivity index (χ4v) is 2.46. The summed E-state index contributed by atoms with van der Waals surface area (Å²) in [5.41, 5.74) is -0.913. The summed E-state index contributed by atoms with van der Waals surface area (Å²) in [5.74, 6) is 0.212. The average molecular weight is 298 g/mol. The Morgan fingerprint density at radius 2 is 2.14 bits per heavy atom. The Morgan fingerprint density at radius 1 is 1.38 bits per heavy atom. The highest BCUT2D eigenvalue weighted by molar-refractivity contribution is 5.46. The van der Waals surface area contributed by atoms with Crippen LogP contribution in [0.1, 0.15) is 30.4 Å². The lowest BCUT2D eigenvalue weighted by Crippen LogP contribution is -2.40. The Hall–Kier alpha value is -1.74. The van der Waals surface area contributed by atoms with Gasteiger partial charge in [-0.2, -0.15) is 18.4 Å². The van der Waals surface area contributed by atoms with Crippen molar-refractivity contribution in [1.82, 2.24) is 4.90 Å². The maximum absolute atomic E-state index is 12.6. The van der Waals surface area contributed by atoms with Gasteiger partial charge in [-0.3, -0.25) is 0 Å². The van der Waals surface area contributed by atoms with Crippen molar-refractivity contribution in [1.29, 1.82) is 5.26 Å². The van der Waals surface area contributed by atoms with Crippen molar-refractivity contribution in [2.75, 3.05) is 20.2 Å². The summed E-state index contributed by atoms with van der Waals surface area (Å²) in [5, 5.41) is 8.99. The molecular formula is C15H17F3N2O. The van der Waals surface area contributed by atoms with E-state index in [4.69, 9.17) is 10.00 Å². The van der Waals surface area contributed by atoms with Gasteiger partial charge in [-0.15, -0.1) is 0 Å². The van der Waals surface area contributed by atoms with E-state index in [1.165, 1.54) is 6.07 Å². The fourth-order valence-electron chi connectivity index (χ4n) is 2.46. The molecule has 1 atom stereocenters. The van der Waals surface area contributed by atoms with Gasteiger partial charge in [0.25, 0.3) is 0 Å². The number of hydrogen-bond acceptors (Lipinski definition) is 3. The van der Waals surface area contributed by atoms with Gasteiger partial charge in [-0.25, -0.2) is 0 Å². The summed E-state index contributed by atoms with van der Waals surface area (Å²) in [4.78, 5) is 2.18. The molecule has 1 aromatic carbocycles. The molecule has 6 heteroatoms. The Morgan fingerprint density at radius 3 is 2.76 bits per heavy atom. The summed E-state index contributed by atoms with van der Waals surface area (Å²) in [6.45, 7) is 1.38. The number of piperidine rings is 1. The van der Waals surface area contributed by atoms with Gasteiger partial charge in [0.05, 0.1) is 11.1 Å². The van der Waals surface area contributed by atoms with Crippen LogP contribution in [-0.2, 0) is 6.18 Å². The number of benzene rings is 1. The number of rotatable bonds is 3. The number of likely N-dealkylation sites (N-methyl/N-ethyl adjacent to an activating group) is 1. The highest BCUT2D eigenvalue weighted by atomic mass is 19.4. The Kier molecular flexibility index (Phi) is 4.73. The van der Waals surface area contributed by atoms with Crippen LogP contribution in [0.2, 0.25) is 0 Å². The van der Waals surface area contributed by atoms with E-state index < -0.39 is 11.7 Å². The molecule has 0 aliphatic carbocycles. The third-order valence-electron chi connectivity index (χ3n) is 3.78. The van der Waals surface area contributed by atoms with Gasteiger partial charge >= 0.3 is 6.18 Å². The SMILES string of the molecule is CN1CCCCC1COc1ccc(C(F)(F)F)cc1C#N. The molecule has 1 aliphatic heterocycles. The highest BCUT2D eigenvalue weighted by Crippen LogP contribution is 2.32. The fraction of sp³-hybridized carbons (Fsp3) is 0.533. The number of ether oxygens (including phenoxy) is 1. The van der Waals surface area contributed by atoms with Gasteiger partial charge in [-0.1, -0.05) is 6.42 Å². The van der Waals surface area contributed by atoms with Crippen LogP contribution in [-0.4, -0.2) is 31.1 Å². The summed E-state index contributed by atoms with van der Waals surface area (Å²) in [6.07, 6.45) is -1.18. The van der Waals surface area contributed by atoms with Crippen molar-refractivity contribution < 1.29 is 17.9 Å². The van der Waals surface area contributed by atoms with Crippen molar-refractivity contribution in [2.24, 2.45) is 0 Å². The second-order valence-electron chi connectivity index (χ2n) is 5.26. The maximum Gasteiger partial charge on any atom is 0.416 e. The zero-order chi connectivity index (χ0) is 15.5. The maximum atomic E-state index is 12.6. The molecule has 2 rings (SSSR count). The van der Waals surface area contributed by atoms with Crippen molar-refractivity contribution in [3.8, 4) is 11.8 Å². The highest BCUT2D eigenvalue weighted by Gasteiger charge is 2.31. The van der Waals surface area contributed by atoms with Crippen LogP contribution in [0.3, 0.4) is 0 Å². The molecule has 3 nitrogen and oxygen atoms in total. The lowest BCUT2D eigenvalue weighted by molar-refractivity contribution is -0.137. The minimum Gasteiger partial charge on any atom is -0.491 e. The number of halogens is 3. The average Bonchev–Trinajstić information content (AvgIpc) is 2.45. The standard InChI is InChI=1S/C15H17F3N2O/c1-20-7-3-2-4-13(20)10-21-14-6-5-12(15(16,17)18)8-11(14)9-19/h5-6,8,13H,2-4,7,10H2,1H3. The molecular weight excluding hydrogens is 281 g/mol. The van der Waals surface area contributed by atoms with Crippen LogP contribution in [0.25, 0.3) is 0 Å². The van der Waals surface area contributed by atoms with Crippen LogP contribution in [0.15, 0.2) is 18.2 Å². The monoisotopic (exact) mass is 298 g/mol. The summed E-state index contributed by atoms with van der Waals surface area (Å²) < 4.78 is 43.4. The van der Waals surface area contributed by atoms with Crippen molar-refractivity contribution >= 4 is 0 Å². The molecule has 1 saturated heterocycles. The van der Waals surface area contributed by atoms with Crippen molar-refractivity contribution in [3.05, 3.63) is 29.3 Å². The number of likely N-dealkylation sites (tertiary alicyclic amines) is 1. The Balaban J connectivity index is 2.08. The normalized spacial score (nSPS) is 20.0. The molecule has 0 saturated carbocycles. The Bertz CT molecular complexity index is 537. The summed E-state index contributed by atoms with van der Waals surface area (Å²) in [6, 6.07) is 5.02. The van der Waals surface area contributed by atoms with Gasteiger partial charge < -0.3 is 9.64 Å². The summed E-state index contributed by atoms with van der Waals surface area (Å²) >= 11 is 0. The molecule has 0 aromatic heterocycles. The third-order valence-corrected chi connectivity index (χ3v) is 3.78. The van der Waals surface area contributed by atoms with E-state index in [0.29, 0.717) is 6.61 Å². The molecule has 0 radical (unpaired) electrons. The molecule has 1 aliphatic rings. The first-order valence-electron chi connectivity index (χ1n) is 6.86. The van der Waals surface area contributed by atoms with E-state index in [0.717, 1.165) is 37.9 Å². The van der Waals surface area contributed by atoms with Crippen LogP contribution >= 0.6 is 0 Å². The molecule has 21 heavy (non-hydrogen) atoms. The zero-order valence-electron chi connectivity index (χ0n) is 11.8. The van der Waals surface area contributed by atoms with E-state index in [1.807, 2.05) is 7.05 Å². The zero-order valence-corrected chi connectivity index (χ0v) is 11.8. The van der Waals surface area contributed by atoms with E-state index in [1.54, 1.807) is 6.07 Å². The lowest BCUT2D eigenvalue weighted by atomic mass is 10.0. The van der Waals surface area contributed by atoms with E-state index >= 15 is 0 Å². The molecule has 0 N–H and O–H groups in total. The molecule has 1 heterocycles. The number of nitriles is 1. The second-order valence-corrected chi connectivity index (χ2v) is 5.26. The second kappa shape index (κ2) is 6.35. The lowest BCUT2D eigenvalue weighted by Gasteiger charge is -2.32. The van der Waals surface area contributed by atoms with Gasteiger partial charge in [0.15, 0.2) is 0 Å². The first kappa shape index (κ1) is 15.6. The van der Waals surface area contributed by atoms with Gasteiger partial charge in [0.2, 0.25) is 0 Å². The quantitative estimate of drug-likeness (QED) is 0.857. The molecule has 1 aromatic rings. The predicted octanol–water partition coefficient (Wildman–Crippen LogP) is 3.44. The van der Waals surface area contributed by atoms with Gasteiger partial charge in [-0.05, 0) is 44.6 Å². The van der Waals surface area contributed by atoms with Crippen LogP contribution in [0, 0.1) is 11.3 Å². The molecule has 1 unspecified atom stereocenters. The smallest absolute Gasteiger partial charge is 0.416 e. The van der Waals surface area contributed by atoms with E-state index in [9.17, 15) is 13.2 Å². The van der Waals surface area contributed by atoms with Crippen molar-refractivity contribution in [3.63, 3.8) is 0 Å². The predicted molar refractivity (Wildman–Crippen MR) is 71.9 cm³/mol. The first-order valence-corrected chi connectivity index (χ1v) is 6.86. The van der Waals surface area contributed by atoms with Crippen LogP contribution in [0.4, 0.5) is 13.2 Å².